The van der Waals surface area contributed by atoms with Crippen molar-refractivity contribution in [2.45, 2.75) is 11.3 Å². The number of rotatable bonds is 4. The van der Waals surface area contributed by atoms with Crippen LogP contribution in [0.2, 0.25) is 0 Å². The number of nitrogens with one attached hydrogen (secondary N) is 1. The van der Waals surface area contributed by atoms with Crippen LogP contribution in [-0.2, 0) is 16.4 Å². The Balaban J connectivity index is 1.60. The third-order valence-electron chi connectivity index (χ3n) is 4.62. The molecule has 30 heavy (non-hydrogen) atoms. The molecular weight excluding hydrogens is 402 g/mol. The van der Waals surface area contributed by atoms with Crippen LogP contribution in [0.25, 0.3) is 0 Å². The Labute approximate surface area is 174 Å². The van der Waals surface area contributed by atoms with E-state index in [1.54, 1.807) is 48.5 Å². The second kappa shape index (κ2) is 7.93. The molecule has 0 saturated heterocycles. The molecule has 6 nitrogen and oxygen atoms in total. The first-order valence-electron chi connectivity index (χ1n) is 9.15. The monoisotopic (exact) mass is 419 g/mol. The number of benzene rings is 3. The van der Waals surface area contributed by atoms with Gasteiger partial charge in [-0.1, -0.05) is 24.0 Å². The standard InChI is InChI=1S/C23H17NO5S/c25-23(26)18-9-6-16(7-10-18)5-8-17-3-1-2-4-21(17)24-30(27,28)20-11-12-22-19(15-20)13-14-29-22/h1-4,6-7,9-12,15,24H,13-14H2,(H,25,26). The maximum atomic E-state index is 12.9. The predicted octanol–water partition coefficient (Wildman–Crippen LogP) is 3.52. The third kappa shape index (κ3) is 4.14. The lowest BCUT2D eigenvalue weighted by Gasteiger charge is -2.10. The summed E-state index contributed by atoms with van der Waals surface area (Å²) in [4.78, 5) is 11.1. The fourth-order valence-corrected chi connectivity index (χ4v) is 4.18. The van der Waals surface area contributed by atoms with E-state index in [1.807, 2.05) is 0 Å². The summed E-state index contributed by atoms with van der Waals surface area (Å²) in [6.45, 7) is 0.554. The van der Waals surface area contributed by atoms with E-state index in [1.165, 1.54) is 18.2 Å². The summed E-state index contributed by atoms with van der Waals surface area (Å²) < 4.78 is 33.8. The summed E-state index contributed by atoms with van der Waals surface area (Å²) in [7, 11) is -3.79. The average molecular weight is 419 g/mol. The zero-order chi connectivity index (χ0) is 21.1. The van der Waals surface area contributed by atoms with Gasteiger partial charge in [-0.3, -0.25) is 4.72 Å². The molecule has 3 aromatic carbocycles. The van der Waals surface area contributed by atoms with E-state index in [4.69, 9.17) is 9.84 Å². The molecule has 3 aromatic rings. The molecule has 1 heterocycles. The van der Waals surface area contributed by atoms with Gasteiger partial charge in [0.1, 0.15) is 5.75 Å². The van der Waals surface area contributed by atoms with Gasteiger partial charge in [-0.15, -0.1) is 0 Å². The Bertz CT molecular complexity index is 1290. The molecule has 7 heteroatoms. The summed E-state index contributed by atoms with van der Waals surface area (Å²) in [6.07, 6.45) is 0.682. The van der Waals surface area contributed by atoms with Crippen LogP contribution in [0.15, 0.2) is 71.6 Å². The Kier molecular flexibility index (Phi) is 5.17. The van der Waals surface area contributed by atoms with E-state index < -0.39 is 16.0 Å². The molecule has 0 radical (unpaired) electrons. The van der Waals surface area contributed by atoms with Crippen LogP contribution < -0.4 is 9.46 Å². The molecule has 0 amide bonds. The number of ether oxygens (including phenoxy) is 1. The summed E-state index contributed by atoms with van der Waals surface area (Å²) >= 11 is 0. The number of hydrogen-bond donors (Lipinski definition) is 2. The molecule has 0 fully saturated rings. The second-order valence-corrected chi connectivity index (χ2v) is 8.33. The first-order valence-corrected chi connectivity index (χ1v) is 10.6. The topological polar surface area (TPSA) is 92.7 Å². The lowest BCUT2D eigenvalue weighted by atomic mass is 10.1. The van der Waals surface area contributed by atoms with Gasteiger partial charge >= 0.3 is 5.97 Å². The van der Waals surface area contributed by atoms with Crippen LogP contribution >= 0.6 is 0 Å². The minimum Gasteiger partial charge on any atom is -0.493 e. The van der Waals surface area contributed by atoms with Crippen LogP contribution in [0.3, 0.4) is 0 Å². The maximum Gasteiger partial charge on any atom is 0.335 e. The molecule has 4 rings (SSSR count). The van der Waals surface area contributed by atoms with Crippen molar-refractivity contribution < 1.29 is 23.1 Å². The van der Waals surface area contributed by atoms with Gasteiger partial charge in [0.05, 0.1) is 22.8 Å². The number of carboxylic acids is 1. The van der Waals surface area contributed by atoms with Gasteiger partial charge in [0.15, 0.2) is 0 Å². The molecule has 0 aliphatic carbocycles. The van der Waals surface area contributed by atoms with Crippen molar-refractivity contribution in [3.63, 3.8) is 0 Å². The third-order valence-corrected chi connectivity index (χ3v) is 5.98. The molecule has 0 spiro atoms. The largest absolute Gasteiger partial charge is 0.493 e. The number of carbonyl (C=O) groups is 1. The number of anilines is 1. The molecule has 0 atom stereocenters. The maximum absolute atomic E-state index is 12.9. The van der Waals surface area contributed by atoms with Gasteiger partial charge in [0.2, 0.25) is 0 Å². The van der Waals surface area contributed by atoms with E-state index in [-0.39, 0.29) is 10.5 Å². The summed E-state index contributed by atoms with van der Waals surface area (Å²) in [5.74, 6) is 5.59. The highest BCUT2D eigenvalue weighted by Gasteiger charge is 2.20. The van der Waals surface area contributed by atoms with E-state index in [0.29, 0.717) is 35.6 Å². The number of para-hydroxylation sites is 1. The highest BCUT2D eigenvalue weighted by molar-refractivity contribution is 7.92. The predicted molar refractivity (Wildman–Crippen MR) is 112 cm³/mol. The smallest absolute Gasteiger partial charge is 0.335 e. The van der Waals surface area contributed by atoms with Crippen molar-refractivity contribution in [2.75, 3.05) is 11.3 Å². The number of hydrogen-bond acceptors (Lipinski definition) is 4. The van der Waals surface area contributed by atoms with Crippen LogP contribution in [0.4, 0.5) is 5.69 Å². The van der Waals surface area contributed by atoms with Crippen molar-refractivity contribution in [2.24, 2.45) is 0 Å². The van der Waals surface area contributed by atoms with Crippen molar-refractivity contribution in [1.29, 1.82) is 0 Å². The Morgan fingerprint density at radius 1 is 1.00 bits per heavy atom. The lowest BCUT2D eigenvalue weighted by Crippen LogP contribution is -2.14. The summed E-state index contributed by atoms with van der Waals surface area (Å²) in [5.41, 5.74) is 2.54. The number of fused-ring (bicyclic) bond motifs is 1. The molecule has 1 aliphatic rings. The Hall–Kier alpha value is -3.76. The van der Waals surface area contributed by atoms with Crippen molar-refractivity contribution in [1.82, 2.24) is 0 Å². The van der Waals surface area contributed by atoms with Crippen molar-refractivity contribution in [3.05, 3.63) is 89.0 Å². The minimum atomic E-state index is -3.79. The average Bonchev–Trinajstić information content (AvgIpc) is 3.21. The van der Waals surface area contributed by atoms with Crippen LogP contribution in [0.1, 0.15) is 27.0 Å². The van der Waals surface area contributed by atoms with Crippen LogP contribution in [0.5, 0.6) is 5.75 Å². The number of sulfonamides is 1. The SMILES string of the molecule is O=C(O)c1ccc(C#Cc2ccccc2NS(=O)(=O)c2ccc3c(c2)CCO3)cc1. The van der Waals surface area contributed by atoms with Gasteiger partial charge < -0.3 is 9.84 Å². The normalized spacial score (nSPS) is 12.3. The molecular formula is C23H17NO5S. The molecule has 1 aliphatic heterocycles. The molecule has 0 bridgehead atoms. The fourth-order valence-electron chi connectivity index (χ4n) is 3.05. The zero-order valence-corrected chi connectivity index (χ0v) is 16.6. The van der Waals surface area contributed by atoms with Gasteiger partial charge in [-0.25, -0.2) is 13.2 Å². The summed E-state index contributed by atoms with van der Waals surface area (Å²) in [5, 5.41) is 8.97. The van der Waals surface area contributed by atoms with Crippen molar-refractivity contribution in [3.8, 4) is 17.6 Å². The van der Waals surface area contributed by atoms with E-state index in [9.17, 15) is 13.2 Å². The van der Waals surface area contributed by atoms with Crippen LogP contribution in [-0.4, -0.2) is 26.1 Å². The van der Waals surface area contributed by atoms with Gasteiger partial charge in [0, 0.05) is 17.5 Å². The van der Waals surface area contributed by atoms with Crippen molar-refractivity contribution >= 4 is 21.7 Å². The highest BCUT2D eigenvalue weighted by Crippen LogP contribution is 2.28. The van der Waals surface area contributed by atoms with Crippen LogP contribution in [0, 0.1) is 11.8 Å². The second-order valence-electron chi connectivity index (χ2n) is 6.65. The molecule has 0 unspecified atom stereocenters. The lowest BCUT2D eigenvalue weighted by molar-refractivity contribution is 0.0697. The fraction of sp³-hybridized carbons (Fsp3) is 0.0870. The van der Waals surface area contributed by atoms with E-state index >= 15 is 0 Å². The summed E-state index contributed by atoms with van der Waals surface area (Å²) in [6, 6.07) is 17.8. The number of aromatic carboxylic acids is 1. The van der Waals surface area contributed by atoms with Gasteiger partial charge in [-0.05, 0) is 60.2 Å². The quantitative estimate of drug-likeness (QED) is 0.631. The molecule has 0 aromatic heterocycles. The molecule has 0 saturated carbocycles. The Morgan fingerprint density at radius 3 is 2.53 bits per heavy atom. The van der Waals surface area contributed by atoms with E-state index in [0.717, 1.165) is 5.56 Å². The van der Waals surface area contributed by atoms with E-state index in [2.05, 4.69) is 16.6 Å². The number of carboxylic acid groups (broad SMARTS) is 1. The first kappa shape index (κ1) is 19.6. The Morgan fingerprint density at radius 2 is 1.77 bits per heavy atom. The zero-order valence-electron chi connectivity index (χ0n) is 15.8. The molecule has 150 valence electrons. The van der Waals surface area contributed by atoms with Gasteiger partial charge in [-0.2, -0.15) is 0 Å². The molecule has 2 N–H and O–H groups in total. The minimum absolute atomic E-state index is 0.166. The highest BCUT2D eigenvalue weighted by atomic mass is 32.2. The first-order chi connectivity index (χ1) is 14.4. The van der Waals surface area contributed by atoms with Gasteiger partial charge in [0.25, 0.3) is 10.0 Å².